The SMILES string of the molecule is CCNC(=C[N+](=O)[O-])NCCCOc1cccc(C)c1.CNC.Cl. The number of nitro groups is 1. The maximum atomic E-state index is 10.4. The Morgan fingerprint density at radius 1 is 1.33 bits per heavy atom. The van der Waals surface area contributed by atoms with Gasteiger partial charge in [-0.3, -0.25) is 10.1 Å². The fourth-order valence-electron chi connectivity index (χ4n) is 1.64. The molecule has 0 fully saturated rings. The average Bonchev–Trinajstić information content (AvgIpc) is 2.47. The molecule has 8 heteroatoms. The molecule has 1 aromatic carbocycles. The first-order valence-corrected chi connectivity index (χ1v) is 7.64. The molecule has 0 saturated heterocycles. The van der Waals surface area contributed by atoms with E-state index in [1.165, 1.54) is 0 Å². The first-order valence-electron chi connectivity index (χ1n) is 7.64. The van der Waals surface area contributed by atoms with Gasteiger partial charge in [-0.1, -0.05) is 12.1 Å². The van der Waals surface area contributed by atoms with Crippen LogP contribution in [-0.4, -0.2) is 38.7 Å². The molecule has 0 bridgehead atoms. The number of hydrogen-bond donors (Lipinski definition) is 3. The van der Waals surface area contributed by atoms with Crippen LogP contribution in [0, 0.1) is 17.0 Å². The van der Waals surface area contributed by atoms with Gasteiger partial charge in [0.2, 0.25) is 0 Å². The molecule has 0 unspecified atom stereocenters. The molecule has 7 nitrogen and oxygen atoms in total. The first-order chi connectivity index (χ1) is 11.0. The number of benzene rings is 1. The summed E-state index contributed by atoms with van der Waals surface area (Å²) in [5.74, 6) is 1.27. The van der Waals surface area contributed by atoms with E-state index in [0.29, 0.717) is 25.5 Å². The predicted octanol–water partition coefficient (Wildman–Crippen LogP) is 2.30. The van der Waals surface area contributed by atoms with Crippen molar-refractivity contribution in [2.75, 3.05) is 33.8 Å². The van der Waals surface area contributed by atoms with Crippen molar-refractivity contribution in [3.8, 4) is 5.75 Å². The molecule has 0 saturated carbocycles. The van der Waals surface area contributed by atoms with Gasteiger partial charge in [0.1, 0.15) is 5.75 Å². The van der Waals surface area contributed by atoms with E-state index in [9.17, 15) is 10.1 Å². The van der Waals surface area contributed by atoms with Gasteiger partial charge in [0, 0.05) is 13.1 Å². The van der Waals surface area contributed by atoms with Crippen LogP contribution in [0.5, 0.6) is 5.75 Å². The van der Waals surface area contributed by atoms with E-state index in [4.69, 9.17) is 4.74 Å². The first kappa shape index (κ1) is 24.3. The van der Waals surface area contributed by atoms with Crippen LogP contribution in [0.1, 0.15) is 18.9 Å². The zero-order valence-corrected chi connectivity index (χ0v) is 15.6. The lowest BCUT2D eigenvalue weighted by molar-refractivity contribution is -0.404. The summed E-state index contributed by atoms with van der Waals surface area (Å²) in [6.07, 6.45) is 1.69. The highest BCUT2D eigenvalue weighted by Crippen LogP contribution is 2.12. The van der Waals surface area contributed by atoms with Crippen LogP contribution in [-0.2, 0) is 0 Å². The summed E-state index contributed by atoms with van der Waals surface area (Å²) in [5, 5.41) is 19.0. The van der Waals surface area contributed by atoms with Gasteiger partial charge in [-0.15, -0.1) is 12.4 Å². The van der Waals surface area contributed by atoms with Crippen molar-refractivity contribution in [3.05, 3.63) is 52.0 Å². The molecular formula is C16H29ClN4O3. The molecule has 3 N–H and O–H groups in total. The minimum atomic E-state index is -0.478. The maximum Gasteiger partial charge on any atom is 0.274 e. The van der Waals surface area contributed by atoms with Crippen molar-refractivity contribution in [2.24, 2.45) is 0 Å². The van der Waals surface area contributed by atoms with Gasteiger partial charge in [0.15, 0.2) is 5.82 Å². The standard InChI is InChI=1S/C14H21N3O3.C2H7N.ClH/c1-3-15-14(11-17(18)19)16-8-5-9-20-13-7-4-6-12(2)10-13;1-3-2;/h4,6-7,10-11,15-16H,3,5,8-9H2,1-2H3;3H,1-2H3;1H. The number of hydrogen-bond acceptors (Lipinski definition) is 6. The zero-order chi connectivity index (χ0) is 17.5. The summed E-state index contributed by atoms with van der Waals surface area (Å²) in [4.78, 5) is 9.94. The van der Waals surface area contributed by atoms with Crippen LogP contribution < -0.4 is 20.7 Å². The van der Waals surface area contributed by atoms with Gasteiger partial charge in [0.05, 0.1) is 11.5 Å². The molecule has 0 aliphatic rings. The predicted molar refractivity (Wildman–Crippen MR) is 100 cm³/mol. The van der Waals surface area contributed by atoms with E-state index in [1.807, 2.05) is 52.2 Å². The summed E-state index contributed by atoms with van der Waals surface area (Å²) < 4.78 is 5.60. The minimum absolute atomic E-state index is 0. The monoisotopic (exact) mass is 360 g/mol. The normalized spacial score (nSPS) is 9.92. The number of nitrogens with one attached hydrogen (secondary N) is 3. The Hall–Kier alpha value is -1.99. The van der Waals surface area contributed by atoms with Crippen molar-refractivity contribution in [2.45, 2.75) is 20.3 Å². The molecule has 1 aromatic rings. The van der Waals surface area contributed by atoms with Crippen molar-refractivity contribution >= 4 is 12.4 Å². The van der Waals surface area contributed by atoms with Gasteiger partial charge in [-0.05, 0) is 52.1 Å². The second kappa shape index (κ2) is 15.9. The summed E-state index contributed by atoms with van der Waals surface area (Å²) in [5.41, 5.74) is 1.16. The lowest BCUT2D eigenvalue weighted by Crippen LogP contribution is -2.28. The summed E-state index contributed by atoms with van der Waals surface area (Å²) in [6, 6.07) is 7.85. The number of rotatable bonds is 9. The third-order valence-corrected chi connectivity index (χ3v) is 2.50. The quantitative estimate of drug-likeness (QED) is 0.356. The molecule has 0 aromatic heterocycles. The second-order valence-electron chi connectivity index (χ2n) is 4.80. The van der Waals surface area contributed by atoms with Crippen LogP contribution in [0.3, 0.4) is 0 Å². The van der Waals surface area contributed by atoms with Crippen LogP contribution in [0.25, 0.3) is 0 Å². The Bertz CT molecular complexity index is 484. The molecule has 138 valence electrons. The topological polar surface area (TPSA) is 88.5 Å². The summed E-state index contributed by atoms with van der Waals surface area (Å²) >= 11 is 0. The molecule has 24 heavy (non-hydrogen) atoms. The highest BCUT2D eigenvalue weighted by Gasteiger charge is 2.00. The lowest BCUT2D eigenvalue weighted by atomic mass is 10.2. The smallest absolute Gasteiger partial charge is 0.274 e. The zero-order valence-electron chi connectivity index (χ0n) is 14.8. The molecule has 0 spiro atoms. The van der Waals surface area contributed by atoms with Crippen molar-refractivity contribution in [1.29, 1.82) is 0 Å². The van der Waals surface area contributed by atoms with E-state index in [2.05, 4.69) is 16.0 Å². The van der Waals surface area contributed by atoms with Crippen LogP contribution in [0.2, 0.25) is 0 Å². The van der Waals surface area contributed by atoms with Crippen LogP contribution >= 0.6 is 12.4 Å². The highest BCUT2D eigenvalue weighted by molar-refractivity contribution is 5.85. The third kappa shape index (κ3) is 13.7. The van der Waals surface area contributed by atoms with E-state index in [-0.39, 0.29) is 12.4 Å². The molecule has 0 aliphatic heterocycles. The Morgan fingerprint density at radius 3 is 2.54 bits per heavy atom. The Labute approximate surface area is 150 Å². The molecule has 0 aliphatic carbocycles. The van der Waals surface area contributed by atoms with Gasteiger partial charge >= 0.3 is 0 Å². The van der Waals surface area contributed by atoms with E-state index >= 15 is 0 Å². The van der Waals surface area contributed by atoms with E-state index in [1.54, 1.807) is 0 Å². The minimum Gasteiger partial charge on any atom is -0.494 e. The fraction of sp³-hybridized carbons (Fsp3) is 0.500. The molecule has 0 atom stereocenters. The molecule has 0 radical (unpaired) electrons. The van der Waals surface area contributed by atoms with Crippen LogP contribution in [0.4, 0.5) is 0 Å². The number of aryl methyl sites for hydroxylation is 1. The highest BCUT2D eigenvalue weighted by atomic mass is 35.5. The fourth-order valence-corrected chi connectivity index (χ4v) is 1.64. The molecule has 1 rings (SSSR count). The summed E-state index contributed by atoms with van der Waals surface area (Å²) in [6.45, 7) is 5.70. The van der Waals surface area contributed by atoms with Crippen molar-refractivity contribution < 1.29 is 9.66 Å². The van der Waals surface area contributed by atoms with Gasteiger partial charge in [0.25, 0.3) is 6.20 Å². The van der Waals surface area contributed by atoms with Gasteiger partial charge in [-0.25, -0.2) is 0 Å². The Balaban J connectivity index is 0. The lowest BCUT2D eigenvalue weighted by Gasteiger charge is -2.10. The Kier molecular flexibility index (Phi) is 16.1. The molecule has 0 amide bonds. The number of ether oxygens (including phenoxy) is 1. The second-order valence-corrected chi connectivity index (χ2v) is 4.80. The maximum absolute atomic E-state index is 10.4. The molecule has 0 heterocycles. The number of halogens is 1. The van der Waals surface area contributed by atoms with Crippen LogP contribution in [0.15, 0.2) is 36.3 Å². The largest absolute Gasteiger partial charge is 0.494 e. The third-order valence-electron chi connectivity index (χ3n) is 2.50. The Morgan fingerprint density at radius 2 is 2.00 bits per heavy atom. The van der Waals surface area contributed by atoms with Gasteiger partial charge < -0.3 is 20.7 Å². The average molecular weight is 361 g/mol. The number of nitrogens with zero attached hydrogens (tertiary/aromatic N) is 1. The van der Waals surface area contributed by atoms with E-state index < -0.39 is 4.92 Å². The summed E-state index contributed by atoms with van der Waals surface area (Å²) in [7, 11) is 3.75. The molecular weight excluding hydrogens is 332 g/mol. The van der Waals surface area contributed by atoms with Gasteiger partial charge in [-0.2, -0.15) is 0 Å². The van der Waals surface area contributed by atoms with Crippen molar-refractivity contribution in [3.63, 3.8) is 0 Å². The van der Waals surface area contributed by atoms with Crippen molar-refractivity contribution in [1.82, 2.24) is 16.0 Å². The van der Waals surface area contributed by atoms with E-state index in [0.717, 1.165) is 23.9 Å².